The quantitative estimate of drug-likeness (QED) is 0.764. The summed E-state index contributed by atoms with van der Waals surface area (Å²) in [6, 6.07) is 14.2. The molecule has 142 valence electrons. The molecule has 0 atom stereocenters. The van der Waals surface area contributed by atoms with Gasteiger partial charge in [-0.1, -0.05) is 23.8 Å². The maximum absolute atomic E-state index is 13.3. The summed E-state index contributed by atoms with van der Waals surface area (Å²) in [5.74, 6) is -0.316. The lowest BCUT2D eigenvalue weighted by molar-refractivity contribution is 0.589. The Morgan fingerprint density at radius 2 is 1.86 bits per heavy atom. The normalized spacial score (nSPS) is 14.2. The van der Waals surface area contributed by atoms with Gasteiger partial charge in [-0.3, -0.25) is 4.79 Å². The molecule has 1 aliphatic rings. The van der Waals surface area contributed by atoms with E-state index in [9.17, 15) is 14.4 Å². The fourth-order valence-corrected chi connectivity index (χ4v) is 3.80. The van der Waals surface area contributed by atoms with Crippen LogP contribution in [0, 0.1) is 24.1 Å². The van der Waals surface area contributed by atoms with Crippen LogP contribution in [0.1, 0.15) is 16.7 Å². The van der Waals surface area contributed by atoms with Gasteiger partial charge in [0.05, 0.1) is 17.7 Å². The van der Waals surface area contributed by atoms with Gasteiger partial charge in [0.25, 0.3) is 5.56 Å². The van der Waals surface area contributed by atoms with Gasteiger partial charge < -0.3 is 14.8 Å². The first-order chi connectivity index (χ1) is 13.6. The molecule has 2 heterocycles. The highest BCUT2D eigenvalue weighted by molar-refractivity contribution is 5.95. The van der Waals surface area contributed by atoms with Gasteiger partial charge in [0, 0.05) is 31.6 Å². The third-order valence-electron chi connectivity index (χ3n) is 5.19. The van der Waals surface area contributed by atoms with Crippen LogP contribution in [0.4, 0.5) is 10.1 Å². The average Bonchev–Trinajstić information content (AvgIpc) is 2.71. The molecule has 0 spiro atoms. The van der Waals surface area contributed by atoms with Crippen molar-refractivity contribution < 1.29 is 4.39 Å². The standard InChI is InChI=1S/C22H21FN4O/c1-15-2-7-20-18(12-15)21(26-10-8-25-9-11-26)19(13-24)22(28)27(20)14-16-3-5-17(23)6-4-16/h2-7,12,25H,8-11,14H2,1H3. The van der Waals surface area contributed by atoms with E-state index >= 15 is 0 Å². The molecule has 0 radical (unpaired) electrons. The molecule has 28 heavy (non-hydrogen) atoms. The molecule has 0 unspecified atom stereocenters. The van der Waals surface area contributed by atoms with E-state index in [1.807, 2.05) is 25.1 Å². The third kappa shape index (κ3) is 3.25. The molecular formula is C22H21FN4O. The van der Waals surface area contributed by atoms with Gasteiger partial charge in [-0.15, -0.1) is 0 Å². The predicted octanol–water partition coefficient (Wildman–Crippen LogP) is 2.78. The van der Waals surface area contributed by atoms with E-state index < -0.39 is 0 Å². The summed E-state index contributed by atoms with van der Waals surface area (Å²) >= 11 is 0. The Hall–Kier alpha value is -3.17. The highest BCUT2D eigenvalue weighted by Gasteiger charge is 2.22. The smallest absolute Gasteiger partial charge is 0.271 e. The number of anilines is 1. The predicted molar refractivity (Wildman–Crippen MR) is 108 cm³/mol. The van der Waals surface area contributed by atoms with Crippen LogP contribution in [0.5, 0.6) is 0 Å². The highest BCUT2D eigenvalue weighted by Crippen LogP contribution is 2.30. The number of aromatic nitrogens is 1. The Bertz CT molecular complexity index is 1120. The van der Waals surface area contributed by atoms with Crippen LogP contribution in [0.3, 0.4) is 0 Å². The number of rotatable bonds is 3. The topological polar surface area (TPSA) is 61.1 Å². The molecule has 0 bridgehead atoms. The number of aryl methyl sites for hydroxylation is 1. The number of nitrogens with zero attached hydrogens (tertiary/aromatic N) is 3. The Balaban J connectivity index is 1.96. The van der Waals surface area contributed by atoms with E-state index in [0.29, 0.717) is 0 Å². The second-order valence-corrected chi connectivity index (χ2v) is 7.11. The van der Waals surface area contributed by atoms with Crippen molar-refractivity contribution >= 4 is 16.6 Å². The summed E-state index contributed by atoms with van der Waals surface area (Å²) in [5.41, 5.74) is 3.25. The van der Waals surface area contributed by atoms with Crippen molar-refractivity contribution in [2.75, 3.05) is 31.1 Å². The van der Waals surface area contributed by atoms with E-state index in [4.69, 9.17) is 0 Å². The second kappa shape index (κ2) is 7.45. The van der Waals surface area contributed by atoms with Crippen molar-refractivity contribution in [2.45, 2.75) is 13.5 Å². The number of piperazine rings is 1. The largest absolute Gasteiger partial charge is 0.367 e. The molecule has 1 aliphatic heterocycles. The highest BCUT2D eigenvalue weighted by atomic mass is 19.1. The molecule has 0 aliphatic carbocycles. The number of nitriles is 1. The molecule has 1 fully saturated rings. The first kappa shape index (κ1) is 18.2. The van der Waals surface area contributed by atoms with Crippen molar-refractivity contribution in [2.24, 2.45) is 0 Å². The molecule has 1 N–H and O–H groups in total. The monoisotopic (exact) mass is 376 g/mol. The average molecular weight is 376 g/mol. The molecule has 1 saturated heterocycles. The second-order valence-electron chi connectivity index (χ2n) is 7.11. The van der Waals surface area contributed by atoms with Gasteiger partial charge in [0.2, 0.25) is 0 Å². The molecule has 3 aromatic rings. The van der Waals surface area contributed by atoms with Crippen LogP contribution in [0.25, 0.3) is 10.9 Å². The fourth-order valence-electron chi connectivity index (χ4n) is 3.80. The van der Waals surface area contributed by atoms with Gasteiger partial charge in [-0.05, 0) is 36.8 Å². The Morgan fingerprint density at radius 3 is 2.54 bits per heavy atom. The SMILES string of the molecule is Cc1ccc2c(c1)c(N1CCNCC1)c(C#N)c(=O)n2Cc1ccc(F)cc1. The molecule has 2 aromatic carbocycles. The van der Waals surface area contributed by atoms with E-state index in [0.717, 1.165) is 53.9 Å². The number of fused-ring (bicyclic) bond motifs is 1. The van der Waals surface area contributed by atoms with Crippen molar-refractivity contribution in [3.63, 3.8) is 0 Å². The number of hydrogen-bond acceptors (Lipinski definition) is 4. The zero-order valence-corrected chi connectivity index (χ0v) is 15.7. The molecular weight excluding hydrogens is 355 g/mol. The minimum absolute atomic E-state index is 0.169. The zero-order chi connectivity index (χ0) is 19.7. The van der Waals surface area contributed by atoms with Crippen molar-refractivity contribution in [3.8, 4) is 6.07 Å². The lowest BCUT2D eigenvalue weighted by Gasteiger charge is -2.31. The maximum atomic E-state index is 13.3. The molecule has 0 amide bonds. The summed E-state index contributed by atoms with van der Waals surface area (Å²) in [4.78, 5) is 15.4. The van der Waals surface area contributed by atoms with Crippen molar-refractivity contribution in [1.29, 1.82) is 5.26 Å². The van der Waals surface area contributed by atoms with Crippen LogP contribution in [0.15, 0.2) is 47.3 Å². The summed E-state index contributed by atoms with van der Waals surface area (Å²) in [5, 5.41) is 14.0. The van der Waals surface area contributed by atoms with Crippen molar-refractivity contribution in [3.05, 3.63) is 75.3 Å². The molecule has 1 aromatic heterocycles. The third-order valence-corrected chi connectivity index (χ3v) is 5.19. The van der Waals surface area contributed by atoms with Crippen molar-refractivity contribution in [1.82, 2.24) is 9.88 Å². The van der Waals surface area contributed by atoms with Crippen LogP contribution in [-0.4, -0.2) is 30.7 Å². The number of benzene rings is 2. The van der Waals surface area contributed by atoms with Gasteiger partial charge in [-0.25, -0.2) is 4.39 Å². The van der Waals surface area contributed by atoms with Gasteiger partial charge in [0.1, 0.15) is 17.4 Å². The van der Waals surface area contributed by atoms with E-state index in [-0.39, 0.29) is 23.5 Å². The van der Waals surface area contributed by atoms with Gasteiger partial charge in [0.15, 0.2) is 0 Å². The number of halogens is 1. The Kier molecular flexibility index (Phi) is 4.84. The maximum Gasteiger partial charge on any atom is 0.271 e. The Morgan fingerprint density at radius 1 is 1.14 bits per heavy atom. The first-order valence-electron chi connectivity index (χ1n) is 9.36. The lowest BCUT2D eigenvalue weighted by atomic mass is 10.0. The molecule has 5 nitrogen and oxygen atoms in total. The fraction of sp³-hybridized carbons (Fsp3) is 0.273. The van der Waals surface area contributed by atoms with Crippen LogP contribution in [0.2, 0.25) is 0 Å². The number of pyridine rings is 1. The summed E-state index contributed by atoms with van der Waals surface area (Å²) < 4.78 is 14.9. The lowest BCUT2D eigenvalue weighted by Crippen LogP contribution is -2.44. The first-order valence-corrected chi connectivity index (χ1v) is 9.36. The number of nitrogens with one attached hydrogen (secondary N) is 1. The van der Waals surface area contributed by atoms with E-state index in [1.165, 1.54) is 12.1 Å². The minimum atomic E-state index is -0.316. The van der Waals surface area contributed by atoms with Crippen LogP contribution in [-0.2, 0) is 6.54 Å². The Labute approximate surface area is 162 Å². The summed E-state index contributed by atoms with van der Waals surface area (Å²) in [6.07, 6.45) is 0. The van der Waals surface area contributed by atoms with Crippen LogP contribution >= 0.6 is 0 Å². The van der Waals surface area contributed by atoms with E-state index in [2.05, 4.69) is 16.3 Å². The summed E-state index contributed by atoms with van der Waals surface area (Å²) in [7, 11) is 0. The van der Waals surface area contributed by atoms with Crippen LogP contribution < -0.4 is 15.8 Å². The van der Waals surface area contributed by atoms with E-state index in [1.54, 1.807) is 16.7 Å². The van der Waals surface area contributed by atoms with Gasteiger partial charge >= 0.3 is 0 Å². The molecule has 4 rings (SSSR count). The number of hydrogen-bond donors (Lipinski definition) is 1. The van der Waals surface area contributed by atoms with Gasteiger partial charge in [-0.2, -0.15) is 5.26 Å². The minimum Gasteiger partial charge on any atom is -0.367 e. The molecule has 0 saturated carbocycles. The molecule has 6 heteroatoms. The zero-order valence-electron chi connectivity index (χ0n) is 15.7. The summed E-state index contributed by atoms with van der Waals surface area (Å²) in [6.45, 7) is 5.42.